The molecule has 1 aromatic heterocycles. The second-order valence-corrected chi connectivity index (χ2v) is 15.6. The third-order valence-corrected chi connectivity index (χ3v) is 11.6. The fourth-order valence-corrected chi connectivity index (χ4v) is 7.97. The van der Waals surface area contributed by atoms with Gasteiger partial charge >= 0.3 is 11.8 Å². The Morgan fingerprint density at radius 3 is 2.33 bits per heavy atom. The van der Waals surface area contributed by atoms with E-state index in [4.69, 9.17) is 28.3 Å². The molecule has 14 heteroatoms. The standard InChI is InChI=1S/C44H50N2O12/c1-19-13-12-16-28-32(19)45-33-29-30-37(50)25(7)40-31(29)42(52)44(9,58-40)55-18-17-27(54-10)22(4)39(56-26(8)47)24(6)36(49)23(5)35(48)20(2)14-11-15-21(3)43(53)46-34(38(30)51)41(33)57-28/h11-18,20,22-24,27,35-36,39,48-49,51H,1-10H3,(H,46,53)/b14-11+,18-17+,21-15-/t20-,22+,23+,24+,27-,35-,36+,39+,44-/m0/s1. The summed E-state index contributed by atoms with van der Waals surface area (Å²) in [6.45, 7) is 14.4. The first-order valence-corrected chi connectivity index (χ1v) is 19.2. The average Bonchev–Trinajstić information content (AvgIpc) is 3.45. The number of phenols is 1. The predicted molar refractivity (Wildman–Crippen MR) is 217 cm³/mol. The summed E-state index contributed by atoms with van der Waals surface area (Å²) in [6.07, 6.45) is 3.67. The number of aromatic nitrogens is 1. The summed E-state index contributed by atoms with van der Waals surface area (Å²) in [6, 6.07) is 5.24. The SMILES string of the molecule is CO[C@H]1/C=C/O[C@@]2(C)Oc3c(C)c(=O)c4c(O)c(c5oc6cccc(C)c6nc5c4c3C2=O)NC(=O)/C(C)=C\C=C\[C@H](C)[C@H](O)[C@@H](C)[C@@H](O)[C@@H](C)[C@H](OC(C)=O)[C@@H]1C. The van der Waals surface area contributed by atoms with Crippen molar-refractivity contribution in [3.05, 3.63) is 81.3 Å². The van der Waals surface area contributed by atoms with Crippen molar-refractivity contribution in [3.63, 3.8) is 0 Å². The first kappa shape index (κ1) is 42.0. The molecule has 308 valence electrons. The van der Waals surface area contributed by atoms with Crippen LogP contribution in [0.25, 0.3) is 33.0 Å². The Hall–Kier alpha value is -5.57. The molecule has 14 nitrogen and oxygen atoms in total. The van der Waals surface area contributed by atoms with E-state index in [1.54, 1.807) is 52.0 Å². The van der Waals surface area contributed by atoms with Crippen LogP contribution in [0.1, 0.15) is 70.0 Å². The average molecular weight is 799 g/mol. The minimum atomic E-state index is -2.02. The molecule has 9 atom stereocenters. The van der Waals surface area contributed by atoms with Gasteiger partial charge in [0, 0.05) is 61.2 Å². The number of Topliss-reactive ketones (excluding diaryl/α,β-unsaturated/α-hetero) is 1. The van der Waals surface area contributed by atoms with Crippen molar-refractivity contribution in [2.45, 2.75) is 92.5 Å². The molecule has 3 aromatic carbocycles. The molecule has 4 aromatic rings. The molecule has 6 rings (SSSR count). The van der Waals surface area contributed by atoms with Crippen LogP contribution in [0.5, 0.6) is 11.5 Å². The predicted octanol–water partition coefficient (Wildman–Crippen LogP) is 6.31. The summed E-state index contributed by atoms with van der Waals surface area (Å²) >= 11 is 0. The van der Waals surface area contributed by atoms with E-state index in [9.17, 15) is 34.5 Å². The normalized spacial score (nSPS) is 30.4. The Morgan fingerprint density at radius 2 is 1.66 bits per heavy atom. The van der Waals surface area contributed by atoms with E-state index in [0.717, 1.165) is 5.56 Å². The number of para-hydroxylation sites is 1. The third-order valence-electron chi connectivity index (χ3n) is 11.6. The molecule has 4 N–H and O–H groups in total. The van der Waals surface area contributed by atoms with E-state index in [1.807, 2.05) is 13.0 Å². The third kappa shape index (κ3) is 7.24. The Morgan fingerprint density at radius 1 is 0.948 bits per heavy atom. The summed E-state index contributed by atoms with van der Waals surface area (Å²) in [4.78, 5) is 59.8. The number of esters is 1. The number of anilines is 1. The fourth-order valence-electron chi connectivity index (χ4n) is 7.97. The monoisotopic (exact) mass is 798 g/mol. The number of fused-ring (bicyclic) bond motifs is 2. The number of carbonyl (C=O) groups excluding carboxylic acids is 3. The number of rotatable bonds is 2. The van der Waals surface area contributed by atoms with Gasteiger partial charge in [-0.15, -0.1) is 0 Å². The zero-order valence-electron chi connectivity index (χ0n) is 34.2. The van der Waals surface area contributed by atoms with Gasteiger partial charge in [0.25, 0.3) is 11.7 Å². The lowest BCUT2D eigenvalue weighted by Crippen LogP contribution is -2.46. The highest BCUT2D eigenvalue weighted by Gasteiger charge is 2.49. The zero-order valence-corrected chi connectivity index (χ0v) is 34.2. The number of ether oxygens (including phenoxy) is 4. The minimum Gasteiger partial charge on any atom is -0.505 e. The van der Waals surface area contributed by atoms with E-state index in [2.05, 4.69) is 5.32 Å². The van der Waals surface area contributed by atoms with Gasteiger partial charge in [-0.1, -0.05) is 58.1 Å². The van der Waals surface area contributed by atoms with Gasteiger partial charge < -0.3 is 44.0 Å². The van der Waals surface area contributed by atoms with Gasteiger partial charge in [-0.25, -0.2) is 4.98 Å². The maximum Gasteiger partial charge on any atom is 0.312 e. The number of nitrogens with zero attached hydrogens (tertiary/aromatic N) is 1. The van der Waals surface area contributed by atoms with Crippen LogP contribution in [0.2, 0.25) is 0 Å². The second kappa shape index (κ2) is 16.0. The Kier molecular flexibility index (Phi) is 11.6. The molecule has 0 unspecified atom stereocenters. The molecule has 0 saturated carbocycles. The summed E-state index contributed by atoms with van der Waals surface area (Å²) in [7, 11) is 1.45. The number of nitrogens with one attached hydrogen (secondary N) is 1. The summed E-state index contributed by atoms with van der Waals surface area (Å²) in [5.41, 5.74) is 0.593. The number of aliphatic hydroxyl groups is 2. The van der Waals surface area contributed by atoms with Gasteiger partial charge in [-0.3, -0.25) is 19.2 Å². The molecule has 1 amide bonds. The van der Waals surface area contributed by atoms with Crippen LogP contribution in [-0.2, 0) is 23.8 Å². The van der Waals surface area contributed by atoms with E-state index in [-0.39, 0.29) is 50.0 Å². The number of benzene rings is 3. The number of amides is 1. The summed E-state index contributed by atoms with van der Waals surface area (Å²) in [5, 5.41) is 37.2. The number of aromatic hydroxyl groups is 1. The van der Waals surface area contributed by atoms with Crippen molar-refractivity contribution in [3.8, 4) is 11.5 Å². The van der Waals surface area contributed by atoms with Crippen LogP contribution in [0, 0.1) is 37.5 Å². The highest BCUT2D eigenvalue weighted by Crippen LogP contribution is 2.48. The maximum absolute atomic E-state index is 14.6. The lowest BCUT2D eigenvalue weighted by Gasteiger charge is -2.38. The summed E-state index contributed by atoms with van der Waals surface area (Å²) in [5.74, 6) is -7.10. The number of carbonyl (C=O) groups is 3. The topological polar surface area (TPSA) is 204 Å². The number of methoxy groups -OCH3 is 1. The molecule has 2 aliphatic rings. The highest BCUT2D eigenvalue weighted by molar-refractivity contribution is 6.26. The number of ketones is 1. The van der Waals surface area contributed by atoms with E-state index in [0.29, 0.717) is 11.1 Å². The number of hydrogen-bond acceptors (Lipinski definition) is 13. The number of phenolic OH excluding ortho intramolecular Hbond substituents is 1. The van der Waals surface area contributed by atoms with Crippen LogP contribution < -0.4 is 15.5 Å². The van der Waals surface area contributed by atoms with E-state index < -0.39 is 82.7 Å². The Bertz CT molecular complexity index is 2480. The molecular formula is C44H50N2O12. The van der Waals surface area contributed by atoms with Gasteiger partial charge in [0.2, 0.25) is 0 Å². The Balaban J connectivity index is 1.59. The quantitative estimate of drug-likeness (QED) is 0.0761. The number of hydrogen-bond donors (Lipinski definition) is 4. The molecular weight excluding hydrogens is 748 g/mol. The molecule has 0 saturated heterocycles. The highest BCUT2D eigenvalue weighted by atomic mass is 16.7. The van der Waals surface area contributed by atoms with Crippen molar-refractivity contribution < 1.29 is 53.1 Å². The van der Waals surface area contributed by atoms with Gasteiger partial charge in [0.1, 0.15) is 28.6 Å². The van der Waals surface area contributed by atoms with Crippen LogP contribution in [0.3, 0.4) is 0 Å². The lowest BCUT2D eigenvalue weighted by atomic mass is 9.78. The first-order valence-electron chi connectivity index (χ1n) is 19.2. The van der Waals surface area contributed by atoms with E-state index >= 15 is 0 Å². The Labute approximate surface area is 335 Å². The van der Waals surface area contributed by atoms with Gasteiger partial charge in [-0.2, -0.15) is 0 Å². The minimum absolute atomic E-state index is 0.00502. The number of aliphatic hydroxyl groups excluding tert-OH is 2. The van der Waals surface area contributed by atoms with Gasteiger partial charge in [0.15, 0.2) is 22.3 Å². The van der Waals surface area contributed by atoms with Crippen molar-refractivity contribution >= 4 is 56.3 Å². The molecule has 0 fully saturated rings. The number of allylic oxidation sites excluding steroid dienone is 2. The summed E-state index contributed by atoms with van der Waals surface area (Å²) < 4.78 is 30.1. The van der Waals surface area contributed by atoms with E-state index in [1.165, 1.54) is 53.2 Å². The van der Waals surface area contributed by atoms with Crippen molar-refractivity contribution in [2.24, 2.45) is 23.7 Å². The number of aryl methyl sites for hydroxylation is 1. The largest absolute Gasteiger partial charge is 0.505 e. The molecule has 0 radical (unpaired) electrons. The molecule has 2 aliphatic heterocycles. The lowest BCUT2D eigenvalue weighted by molar-refractivity contribution is -0.160. The first-order chi connectivity index (χ1) is 27.3. The fraction of sp³-hybridized carbons (Fsp3) is 0.432. The molecule has 3 heterocycles. The van der Waals surface area contributed by atoms with Gasteiger partial charge in [-0.05, 0) is 38.5 Å². The smallest absolute Gasteiger partial charge is 0.312 e. The zero-order chi connectivity index (χ0) is 42.5. The molecule has 58 heavy (non-hydrogen) atoms. The maximum atomic E-state index is 14.6. The van der Waals surface area contributed by atoms with Crippen molar-refractivity contribution in [1.82, 2.24) is 4.98 Å². The molecule has 4 bridgehead atoms. The van der Waals surface area contributed by atoms with Crippen LogP contribution in [0.15, 0.2) is 63.6 Å². The van der Waals surface area contributed by atoms with Crippen LogP contribution in [-0.4, -0.2) is 75.3 Å². The second-order valence-electron chi connectivity index (χ2n) is 15.6. The van der Waals surface area contributed by atoms with Gasteiger partial charge in [0.05, 0.1) is 35.5 Å². The molecule has 0 spiro atoms. The van der Waals surface area contributed by atoms with Crippen LogP contribution >= 0.6 is 0 Å². The van der Waals surface area contributed by atoms with Crippen molar-refractivity contribution in [2.75, 3.05) is 12.4 Å². The van der Waals surface area contributed by atoms with Crippen molar-refractivity contribution in [1.29, 1.82) is 0 Å². The van der Waals surface area contributed by atoms with Crippen LogP contribution in [0.4, 0.5) is 5.69 Å². The molecule has 0 aliphatic carbocycles.